The first kappa shape index (κ1) is 9.28. The maximum atomic E-state index is 11.9. The Morgan fingerprint density at radius 3 is 3.00 bits per heavy atom. The molecule has 1 aromatic heterocycles. The van der Waals surface area contributed by atoms with E-state index >= 15 is 0 Å². The largest absolute Gasteiger partial charge is 0.483 e. The van der Waals surface area contributed by atoms with E-state index in [9.17, 15) is 4.79 Å². The van der Waals surface area contributed by atoms with Crippen LogP contribution in [0, 0.1) is 0 Å². The Hall–Kier alpha value is -1.77. The second-order valence-electron chi connectivity index (χ2n) is 4.88. The van der Waals surface area contributed by atoms with Crippen LogP contribution in [-0.2, 0) is 0 Å². The lowest BCUT2D eigenvalue weighted by atomic mass is 9.92. The minimum atomic E-state index is -0.324. The van der Waals surface area contributed by atoms with E-state index in [4.69, 9.17) is 9.15 Å². The third-order valence-electron chi connectivity index (χ3n) is 3.89. The molecule has 2 aliphatic rings. The first-order valence-corrected chi connectivity index (χ1v) is 6.05. The van der Waals surface area contributed by atoms with Crippen molar-refractivity contribution in [2.24, 2.45) is 0 Å². The molecule has 1 saturated carbocycles. The molecule has 1 aliphatic carbocycles. The van der Waals surface area contributed by atoms with Crippen LogP contribution in [0.15, 0.2) is 33.5 Å². The van der Waals surface area contributed by atoms with Gasteiger partial charge in [0.15, 0.2) is 0 Å². The van der Waals surface area contributed by atoms with Gasteiger partial charge in [0.25, 0.3) is 0 Å². The van der Waals surface area contributed by atoms with Gasteiger partial charge in [-0.05, 0) is 31.2 Å². The lowest BCUT2D eigenvalue weighted by Crippen LogP contribution is -2.23. The monoisotopic (exact) mass is 228 g/mol. The molecular weight excluding hydrogens is 216 g/mol. The smallest absolute Gasteiger partial charge is 0.379 e. The third-order valence-corrected chi connectivity index (χ3v) is 3.89. The first-order valence-electron chi connectivity index (χ1n) is 6.05. The van der Waals surface area contributed by atoms with Gasteiger partial charge in [-0.15, -0.1) is 0 Å². The molecule has 1 fully saturated rings. The molecule has 3 heteroatoms. The second-order valence-corrected chi connectivity index (χ2v) is 4.88. The van der Waals surface area contributed by atoms with Gasteiger partial charge in [-0.3, -0.25) is 0 Å². The van der Waals surface area contributed by atoms with E-state index in [1.807, 2.05) is 24.3 Å². The molecule has 1 aromatic carbocycles. The van der Waals surface area contributed by atoms with Crippen LogP contribution in [0.1, 0.15) is 30.7 Å². The van der Waals surface area contributed by atoms with Gasteiger partial charge in [0.05, 0.1) is 6.10 Å². The zero-order valence-electron chi connectivity index (χ0n) is 9.31. The lowest BCUT2D eigenvalue weighted by Gasteiger charge is -2.23. The van der Waals surface area contributed by atoms with Crippen LogP contribution in [0.3, 0.4) is 0 Å². The molecule has 2 atom stereocenters. The Balaban J connectivity index is 2.13. The van der Waals surface area contributed by atoms with Crippen LogP contribution in [0.25, 0.3) is 11.0 Å². The number of hydrogen-bond donors (Lipinski definition) is 0. The van der Waals surface area contributed by atoms with E-state index in [0.717, 1.165) is 30.2 Å². The minimum absolute atomic E-state index is 0.219. The van der Waals surface area contributed by atoms with E-state index in [1.54, 1.807) is 0 Å². The Bertz CT molecular complexity index is 656. The molecule has 2 unspecified atom stereocenters. The van der Waals surface area contributed by atoms with Crippen molar-refractivity contribution >= 4 is 11.0 Å². The van der Waals surface area contributed by atoms with Crippen molar-refractivity contribution in [2.45, 2.75) is 31.3 Å². The van der Waals surface area contributed by atoms with Crippen LogP contribution >= 0.6 is 0 Å². The van der Waals surface area contributed by atoms with Crippen molar-refractivity contribution in [1.82, 2.24) is 0 Å². The van der Waals surface area contributed by atoms with Crippen molar-refractivity contribution in [3.05, 3.63) is 40.2 Å². The predicted octanol–water partition coefficient (Wildman–Crippen LogP) is 2.82. The molecule has 2 heterocycles. The highest BCUT2D eigenvalue weighted by molar-refractivity contribution is 5.83. The summed E-state index contributed by atoms with van der Waals surface area (Å²) in [5.74, 6) is 0.931. The van der Waals surface area contributed by atoms with Crippen molar-refractivity contribution in [3.8, 4) is 5.75 Å². The number of ether oxygens (including phenoxy) is 1. The van der Waals surface area contributed by atoms with E-state index in [2.05, 4.69) is 0 Å². The molecule has 0 radical (unpaired) electrons. The summed E-state index contributed by atoms with van der Waals surface area (Å²) in [7, 11) is 0. The number of fused-ring (bicyclic) bond motifs is 6. The molecule has 4 rings (SSSR count). The van der Waals surface area contributed by atoms with Crippen LogP contribution in [-0.4, -0.2) is 6.10 Å². The van der Waals surface area contributed by atoms with Crippen LogP contribution in [0.5, 0.6) is 5.75 Å². The fraction of sp³-hybridized carbons (Fsp3) is 0.357. The number of para-hydroxylation sites is 1. The average molecular weight is 228 g/mol. The predicted molar refractivity (Wildman–Crippen MR) is 63.5 cm³/mol. The van der Waals surface area contributed by atoms with Gasteiger partial charge in [0.1, 0.15) is 5.58 Å². The molecule has 86 valence electrons. The molecule has 0 spiro atoms. The second kappa shape index (κ2) is 3.13. The number of rotatable bonds is 0. The molecule has 1 aliphatic heterocycles. The highest BCUT2D eigenvalue weighted by Crippen LogP contribution is 2.46. The molecule has 0 saturated heterocycles. The summed E-state index contributed by atoms with van der Waals surface area (Å²) in [6.45, 7) is 0. The van der Waals surface area contributed by atoms with E-state index in [-0.39, 0.29) is 11.7 Å². The summed E-state index contributed by atoms with van der Waals surface area (Å²) in [5, 5.41) is 1.03. The Morgan fingerprint density at radius 1 is 1.18 bits per heavy atom. The molecule has 17 heavy (non-hydrogen) atoms. The van der Waals surface area contributed by atoms with Crippen molar-refractivity contribution in [2.75, 3.05) is 0 Å². The fourth-order valence-corrected chi connectivity index (χ4v) is 3.15. The van der Waals surface area contributed by atoms with E-state index < -0.39 is 0 Å². The van der Waals surface area contributed by atoms with E-state index in [1.165, 1.54) is 0 Å². The molecule has 3 nitrogen and oxygen atoms in total. The van der Waals surface area contributed by atoms with Crippen LogP contribution in [0.4, 0.5) is 0 Å². The number of benzene rings is 1. The van der Waals surface area contributed by atoms with Gasteiger partial charge >= 0.3 is 5.63 Å². The Kier molecular flexibility index (Phi) is 1.71. The quantitative estimate of drug-likeness (QED) is 0.651. The topological polar surface area (TPSA) is 39.4 Å². The minimum Gasteiger partial charge on any atom is -0.483 e. The summed E-state index contributed by atoms with van der Waals surface area (Å²) >= 11 is 0. The Labute approximate surface area is 98.0 Å². The summed E-state index contributed by atoms with van der Waals surface area (Å²) < 4.78 is 11.1. The standard InChI is InChI=1S/C14H12O3/c15-14-13-12(8-5-6-9(7-8)16-13)10-3-1-2-4-11(10)17-14/h1-4,8-9H,5-7H2. The summed E-state index contributed by atoms with van der Waals surface area (Å²) in [4.78, 5) is 11.9. The maximum Gasteiger partial charge on any atom is 0.379 e. The fourth-order valence-electron chi connectivity index (χ4n) is 3.15. The van der Waals surface area contributed by atoms with Gasteiger partial charge in [-0.2, -0.15) is 0 Å². The van der Waals surface area contributed by atoms with Crippen LogP contribution in [0.2, 0.25) is 0 Å². The summed E-state index contributed by atoms with van der Waals surface area (Å²) in [6.07, 6.45) is 3.43. The SMILES string of the molecule is O=c1oc2ccccc2c2c1OC1CCC2C1. The highest BCUT2D eigenvalue weighted by Gasteiger charge is 2.37. The van der Waals surface area contributed by atoms with Gasteiger partial charge < -0.3 is 9.15 Å². The molecule has 2 bridgehead atoms. The first-order chi connectivity index (χ1) is 8.33. The maximum absolute atomic E-state index is 11.9. The number of hydrogen-bond acceptors (Lipinski definition) is 3. The van der Waals surface area contributed by atoms with Crippen molar-refractivity contribution in [1.29, 1.82) is 0 Å². The van der Waals surface area contributed by atoms with Crippen molar-refractivity contribution in [3.63, 3.8) is 0 Å². The third kappa shape index (κ3) is 1.19. The summed E-state index contributed by atoms with van der Waals surface area (Å²) in [5.41, 5.74) is 1.42. The van der Waals surface area contributed by atoms with Gasteiger partial charge in [-0.1, -0.05) is 18.2 Å². The molecular formula is C14H12O3. The Morgan fingerprint density at radius 2 is 2.06 bits per heavy atom. The molecule has 0 N–H and O–H groups in total. The average Bonchev–Trinajstić information content (AvgIpc) is 2.72. The van der Waals surface area contributed by atoms with Gasteiger partial charge in [0.2, 0.25) is 5.75 Å². The highest BCUT2D eigenvalue weighted by atomic mass is 16.5. The molecule has 0 amide bonds. The van der Waals surface area contributed by atoms with Crippen LogP contribution < -0.4 is 10.4 Å². The molecule has 2 aromatic rings. The summed E-state index contributed by atoms with van der Waals surface area (Å²) in [6, 6.07) is 7.72. The normalized spacial score (nSPS) is 25.6. The van der Waals surface area contributed by atoms with Gasteiger partial charge in [-0.25, -0.2) is 4.79 Å². The lowest BCUT2D eigenvalue weighted by molar-refractivity contribution is 0.185. The van der Waals surface area contributed by atoms with Gasteiger partial charge in [0, 0.05) is 10.9 Å². The van der Waals surface area contributed by atoms with Crippen molar-refractivity contribution < 1.29 is 9.15 Å². The zero-order valence-corrected chi connectivity index (χ0v) is 9.31. The van der Waals surface area contributed by atoms with E-state index in [0.29, 0.717) is 17.3 Å². The zero-order chi connectivity index (χ0) is 11.4.